The fourth-order valence-corrected chi connectivity index (χ4v) is 1.75. The molecule has 0 radical (unpaired) electrons. The fourth-order valence-electron chi connectivity index (χ4n) is 1.75. The Balaban J connectivity index is 2.57. The summed E-state index contributed by atoms with van der Waals surface area (Å²) in [5.74, 6) is 0.410. The first kappa shape index (κ1) is 9.52. The standard InChI is InChI=1S/C9H17NO2/c1-6-7(2)10-5-4-8(6)9(11)12-3/h6-8,10H,4-5H2,1-3H3/t6-,7+,8-/m1/s1. The average Bonchev–Trinajstić information content (AvgIpc) is 2.08. The zero-order valence-corrected chi connectivity index (χ0v) is 7.96. The highest BCUT2D eigenvalue weighted by molar-refractivity contribution is 5.72. The van der Waals surface area contributed by atoms with Crippen LogP contribution in [0.4, 0.5) is 0 Å². The quantitative estimate of drug-likeness (QED) is 0.593. The summed E-state index contributed by atoms with van der Waals surface area (Å²) in [6.07, 6.45) is 0.901. The van der Waals surface area contributed by atoms with Gasteiger partial charge in [-0.2, -0.15) is 0 Å². The van der Waals surface area contributed by atoms with Crippen LogP contribution in [0.1, 0.15) is 20.3 Å². The second-order valence-electron chi connectivity index (χ2n) is 3.52. The van der Waals surface area contributed by atoms with Crippen molar-refractivity contribution in [2.45, 2.75) is 26.3 Å². The van der Waals surface area contributed by atoms with Crippen LogP contribution in [0.25, 0.3) is 0 Å². The molecule has 1 saturated heterocycles. The van der Waals surface area contributed by atoms with Crippen molar-refractivity contribution in [3.8, 4) is 0 Å². The molecule has 0 aliphatic carbocycles. The molecule has 1 aliphatic heterocycles. The molecule has 0 aromatic rings. The van der Waals surface area contributed by atoms with Gasteiger partial charge in [-0.05, 0) is 25.8 Å². The lowest BCUT2D eigenvalue weighted by molar-refractivity contribution is -0.148. The van der Waals surface area contributed by atoms with E-state index in [1.165, 1.54) is 7.11 Å². The second kappa shape index (κ2) is 3.90. The number of hydrogen-bond acceptors (Lipinski definition) is 3. The molecule has 3 heteroatoms. The number of esters is 1. The second-order valence-corrected chi connectivity index (χ2v) is 3.52. The van der Waals surface area contributed by atoms with E-state index >= 15 is 0 Å². The summed E-state index contributed by atoms with van der Waals surface area (Å²) in [6.45, 7) is 5.13. The third kappa shape index (κ3) is 1.78. The van der Waals surface area contributed by atoms with Crippen LogP contribution in [0.5, 0.6) is 0 Å². The number of ether oxygens (including phenoxy) is 1. The molecule has 3 atom stereocenters. The summed E-state index contributed by atoms with van der Waals surface area (Å²) in [4.78, 5) is 11.3. The number of carbonyl (C=O) groups excluding carboxylic acids is 1. The molecular formula is C9H17NO2. The van der Waals surface area contributed by atoms with Crippen LogP contribution in [0, 0.1) is 11.8 Å². The van der Waals surface area contributed by atoms with E-state index in [0.29, 0.717) is 12.0 Å². The van der Waals surface area contributed by atoms with Crippen molar-refractivity contribution in [3.63, 3.8) is 0 Å². The van der Waals surface area contributed by atoms with Gasteiger partial charge in [0, 0.05) is 6.04 Å². The molecule has 12 heavy (non-hydrogen) atoms. The molecule has 0 saturated carbocycles. The number of nitrogens with one attached hydrogen (secondary N) is 1. The molecular weight excluding hydrogens is 154 g/mol. The van der Waals surface area contributed by atoms with Crippen LogP contribution < -0.4 is 5.32 Å². The van der Waals surface area contributed by atoms with Gasteiger partial charge in [-0.15, -0.1) is 0 Å². The third-order valence-electron chi connectivity index (χ3n) is 2.85. The molecule has 0 spiro atoms. The minimum Gasteiger partial charge on any atom is -0.469 e. The highest BCUT2D eigenvalue weighted by Crippen LogP contribution is 2.23. The molecule has 1 N–H and O–H groups in total. The molecule has 1 aliphatic rings. The van der Waals surface area contributed by atoms with Gasteiger partial charge < -0.3 is 10.1 Å². The number of carbonyl (C=O) groups is 1. The summed E-state index contributed by atoms with van der Waals surface area (Å²) >= 11 is 0. The SMILES string of the molecule is COC(=O)[C@@H]1CCN[C@@H](C)[C@H]1C. The van der Waals surface area contributed by atoms with E-state index in [0.717, 1.165) is 13.0 Å². The van der Waals surface area contributed by atoms with Crippen molar-refractivity contribution < 1.29 is 9.53 Å². The Morgan fingerprint density at radius 1 is 1.50 bits per heavy atom. The summed E-state index contributed by atoms with van der Waals surface area (Å²) in [5.41, 5.74) is 0. The van der Waals surface area contributed by atoms with Gasteiger partial charge in [0.2, 0.25) is 0 Å². The van der Waals surface area contributed by atoms with Crippen LogP contribution in [-0.2, 0) is 9.53 Å². The Morgan fingerprint density at radius 2 is 2.17 bits per heavy atom. The number of rotatable bonds is 1. The Bertz CT molecular complexity index is 170. The van der Waals surface area contributed by atoms with Crippen LogP contribution in [0.15, 0.2) is 0 Å². The van der Waals surface area contributed by atoms with Gasteiger partial charge in [-0.25, -0.2) is 0 Å². The lowest BCUT2D eigenvalue weighted by atomic mass is 9.83. The Morgan fingerprint density at radius 3 is 2.75 bits per heavy atom. The van der Waals surface area contributed by atoms with E-state index in [1.54, 1.807) is 0 Å². The van der Waals surface area contributed by atoms with Crippen molar-refractivity contribution in [2.75, 3.05) is 13.7 Å². The molecule has 3 nitrogen and oxygen atoms in total. The Labute approximate surface area is 73.5 Å². The largest absolute Gasteiger partial charge is 0.469 e. The van der Waals surface area contributed by atoms with Gasteiger partial charge in [0.1, 0.15) is 0 Å². The highest BCUT2D eigenvalue weighted by atomic mass is 16.5. The van der Waals surface area contributed by atoms with Crippen LogP contribution in [0.2, 0.25) is 0 Å². The van der Waals surface area contributed by atoms with E-state index in [4.69, 9.17) is 4.74 Å². The summed E-state index contributed by atoms with van der Waals surface area (Å²) < 4.78 is 4.74. The monoisotopic (exact) mass is 171 g/mol. The maximum atomic E-state index is 11.3. The van der Waals surface area contributed by atoms with Crippen LogP contribution in [0.3, 0.4) is 0 Å². The van der Waals surface area contributed by atoms with Crippen molar-refractivity contribution >= 4 is 5.97 Å². The van der Waals surface area contributed by atoms with E-state index in [-0.39, 0.29) is 11.9 Å². The smallest absolute Gasteiger partial charge is 0.309 e. The lowest BCUT2D eigenvalue weighted by Crippen LogP contribution is -2.45. The van der Waals surface area contributed by atoms with E-state index in [9.17, 15) is 4.79 Å². The zero-order chi connectivity index (χ0) is 9.14. The normalized spacial score (nSPS) is 36.1. The van der Waals surface area contributed by atoms with Crippen molar-refractivity contribution in [3.05, 3.63) is 0 Å². The molecule has 70 valence electrons. The fraction of sp³-hybridized carbons (Fsp3) is 0.889. The minimum atomic E-state index is -0.0594. The van der Waals surface area contributed by atoms with E-state index in [1.807, 2.05) is 0 Å². The van der Waals surface area contributed by atoms with Crippen molar-refractivity contribution in [2.24, 2.45) is 11.8 Å². The molecule has 0 bridgehead atoms. The zero-order valence-electron chi connectivity index (χ0n) is 7.96. The maximum absolute atomic E-state index is 11.3. The lowest BCUT2D eigenvalue weighted by Gasteiger charge is -2.33. The predicted octanol–water partition coefficient (Wildman–Crippen LogP) is 0.793. The van der Waals surface area contributed by atoms with Gasteiger partial charge in [-0.3, -0.25) is 4.79 Å². The number of piperidine rings is 1. The molecule has 1 fully saturated rings. The van der Waals surface area contributed by atoms with Gasteiger partial charge in [0.25, 0.3) is 0 Å². The summed E-state index contributed by atoms with van der Waals surface area (Å²) in [5, 5.41) is 3.33. The first-order valence-corrected chi connectivity index (χ1v) is 4.48. The molecule has 0 amide bonds. The number of hydrogen-bond donors (Lipinski definition) is 1. The van der Waals surface area contributed by atoms with Gasteiger partial charge in [0.05, 0.1) is 13.0 Å². The van der Waals surface area contributed by atoms with Gasteiger partial charge >= 0.3 is 5.97 Å². The average molecular weight is 171 g/mol. The summed E-state index contributed by atoms with van der Waals surface area (Å²) in [6, 6.07) is 0.419. The topological polar surface area (TPSA) is 38.3 Å². The highest BCUT2D eigenvalue weighted by Gasteiger charge is 2.32. The Hall–Kier alpha value is -0.570. The number of methoxy groups -OCH3 is 1. The molecule has 1 rings (SSSR count). The molecule has 1 heterocycles. The van der Waals surface area contributed by atoms with E-state index < -0.39 is 0 Å². The van der Waals surface area contributed by atoms with E-state index in [2.05, 4.69) is 19.2 Å². The van der Waals surface area contributed by atoms with Gasteiger partial charge in [0.15, 0.2) is 0 Å². The predicted molar refractivity (Wildman–Crippen MR) is 46.8 cm³/mol. The van der Waals surface area contributed by atoms with Gasteiger partial charge in [-0.1, -0.05) is 6.92 Å². The first-order chi connectivity index (χ1) is 5.66. The third-order valence-corrected chi connectivity index (χ3v) is 2.85. The van der Waals surface area contributed by atoms with Crippen LogP contribution in [-0.4, -0.2) is 25.7 Å². The molecule has 0 aromatic carbocycles. The van der Waals surface area contributed by atoms with Crippen molar-refractivity contribution in [1.29, 1.82) is 0 Å². The Kier molecular flexibility index (Phi) is 3.09. The molecule has 0 unspecified atom stereocenters. The van der Waals surface area contributed by atoms with Crippen LogP contribution >= 0.6 is 0 Å². The first-order valence-electron chi connectivity index (χ1n) is 4.48. The molecule has 0 aromatic heterocycles. The minimum absolute atomic E-state index is 0.0594. The maximum Gasteiger partial charge on any atom is 0.309 e. The summed E-state index contributed by atoms with van der Waals surface area (Å²) in [7, 11) is 1.46. The van der Waals surface area contributed by atoms with Crippen molar-refractivity contribution in [1.82, 2.24) is 5.32 Å².